The number of nitrogens with zero attached hydrogens (tertiary/aromatic N) is 1. The maximum atomic E-state index is 11.9. The molecule has 2 fully saturated rings. The Morgan fingerprint density at radius 1 is 1.19 bits per heavy atom. The molecule has 1 saturated carbocycles. The summed E-state index contributed by atoms with van der Waals surface area (Å²) in [6, 6.07) is 0.507. The van der Waals surface area contributed by atoms with E-state index in [1.54, 1.807) is 0 Å². The zero-order valence-electron chi connectivity index (χ0n) is 10.4. The molecule has 3 nitrogen and oxygen atoms in total. The van der Waals surface area contributed by atoms with Crippen LogP contribution in [0.25, 0.3) is 0 Å². The maximum absolute atomic E-state index is 11.9. The molecule has 1 unspecified atom stereocenters. The second kappa shape index (κ2) is 5.67. The number of hydrogen-bond donors (Lipinski definition) is 1. The van der Waals surface area contributed by atoms with E-state index in [2.05, 4.69) is 17.1 Å². The number of hydrogen-bond acceptors (Lipinski definition) is 2. The van der Waals surface area contributed by atoms with Crippen LogP contribution in [0.1, 0.15) is 58.3 Å². The smallest absolute Gasteiger partial charge is 0.238 e. The average molecular weight is 224 g/mol. The van der Waals surface area contributed by atoms with Crippen LogP contribution >= 0.6 is 0 Å². The predicted octanol–water partition coefficient (Wildman–Crippen LogP) is 2.27. The summed E-state index contributed by atoms with van der Waals surface area (Å²) in [7, 11) is 0. The number of carbonyl (C=O) groups excluding carboxylic acids is 1. The summed E-state index contributed by atoms with van der Waals surface area (Å²) in [6.45, 7) is 2.71. The summed E-state index contributed by atoms with van der Waals surface area (Å²) in [5.74, 6) is 0.317. The zero-order valence-corrected chi connectivity index (χ0v) is 10.4. The first kappa shape index (κ1) is 11.9. The molecule has 1 atom stereocenters. The Balaban J connectivity index is 1.99. The van der Waals surface area contributed by atoms with Gasteiger partial charge in [0.2, 0.25) is 5.91 Å². The highest BCUT2D eigenvalue weighted by atomic mass is 16.2. The molecule has 92 valence electrons. The Hall–Kier alpha value is -0.570. The van der Waals surface area contributed by atoms with Crippen LogP contribution in [0.4, 0.5) is 0 Å². The van der Waals surface area contributed by atoms with Gasteiger partial charge in [0.05, 0.1) is 12.7 Å². The van der Waals surface area contributed by atoms with Gasteiger partial charge in [0.25, 0.3) is 0 Å². The van der Waals surface area contributed by atoms with E-state index in [4.69, 9.17) is 0 Å². The molecular weight excluding hydrogens is 200 g/mol. The molecule has 0 bridgehead atoms. The summed E-state index contributed by atoms with van der Waals surface area (Å²) in [5, 5.41) is 3.32. The van der Waals surface area contributed by atoms with Gasteiger partial charge in [-0.1, -0.05) is 39.0 Å². The molecule has 0 aromatic rings. The van der Waals surface area contributed by atoms with Crippen molar-refractivity contribution in [2.75, 3.05) is 6.54 Å². The number of nitrogens with one attached hydrogen (secondary N) is 1. The van der Waals surface area contributed by atoms with Gasteiger partial charge in [-0.05, 0) is 19.3 Å². The van der Waals surface area contributed by atoms with Gasteiger partial charge in [0.15, 0.2) is 0 Å². The zero-order chi connectivity index (χ0) is 11.4. The minimum absolute atomic E-state index is 0.303. The van der Waals surface area contributed by atoms with E-state index in [9.17, 15) is 4.79 Å². The Labute approximate surface area is 98.6 Å². The fourth-order valence-corrected chi connectivity index (χ4v) is 3.08. The molecule has 1 amide bonds. The Bertz CT molecular complexity index is 234. The van der Waals surface area contributed by atoms with Crippen LogP contribution < -0.4 is 5.32 Å². The van der Waals surface area contributed by atoms with E-state index >= 15 is 0 Å². The van der Waals surface area contributed by atoms with E-state index in [-0.39, 0.29) is 0 Å². The van der Waals surface area contributed by atoms with Crippen molar-refractivity contribution in [3.8, 4) is 0 Å². The van der Waals surface area contributed by atoms with Crippen LogP contribution in [0.3, 0.4) is 0 Å². The van der Waals surface area contributed by atoms with Crippen molar-refractivity contribution < 1.29 is 4.79 Å². The molecule has 0 radical (unpaired) electrons. The largest absolute Gasteiger partial charge is 0.323 e. The van der Waals surface area contributed by atoms with Gasteiger partial charge < -0.3 is 4.90 Å². The third kappa shape index (κ3) is 2.57. The minimum atomic E-state index is 0.303. The molecule has 1 N–H and O–H groups in total. The lowest BCUT2D eigenvalue weighted by atomic mass is 9.95. The highest BCUT2D eigenvalue weighted by molar-refractivity contribution is 5.81. The van der Waals surface area contributed by atoms with Gasteiger partial charge in [-0.2, -0.15) is 0 Å². The standard InChI is InChI=1S/C13H24N2O/c1-2-12-14-10-13(16)15(12)11-8-6-4-3-5-7-9-11/h11-12,14H,2-10H2,1H3. The molecule has 0 aromatic carbocycles. The molecule has 1 heterocycles. The van der Waals surface area contributed by atoms with Crippen LogP contribution in [0, 0.1) is 0 Å². The molecule has 2 rings (SSSR count). The molecule has 1 aliphatic heterocycles. The van der Waals surface area contributed by atoms with E-state index in [0.717, 1.165) is 6.42 Å². The van der Waals surface area contributed by atoms with Crippen LogP contribution in [0.15, 0.2) is 0 Å². The van der Waals surface area contributed by atoms with Crippen LogP contribution in [-0.4, -0.2) is 29.6 Å². The Kier molecular flexibility index (Phi) is 4.22. The fourth-order valence-electron chi connectivity index (χ4n) is 3.08. The van der Waals surface area contributed by atoms with Crippen LogP contribution in [-0.2, 0) is 4.79 Å². The lowest BCUT2D eigenvalue weighted by Crippen LogP contribution is -2.44. The minimum Gasteiger partial charge on any atom is -0.323 e. The van der Waals surface area contributed by atoms with Crippen molar-refractivity contribution in [3.05, 3.63) is 0 Å². The van der Waals surface area contributed by atoms with E-state index in [1.165, 1.54) is 44.9 Å². The SMILES string of the molecule is CCC1NCC(=O)N1C1CCCCCCC1. The molecule has 1 saturated heterocycles. The van der Waals surface area contributed by atoms with Crippen molar-refractivity contribution in [1.82, 2.24) is 10.2 Å². The monoisotopic (exact) mass is 224 g/mol. The van der Waals surface area contributed by atoms with Gasteiger partial charge in [-0.15, -0.1) is 0 Å². The third-order valence-corrected chi connectivity index (χ3v) is 3.97. The van der Waals surface area contributed by atoms with Crippen LogP contribution in [0.5, 0.6) is 0 Å². The van der Waals surface area contributed by atoms with Crippen molar-refractivity contribution in [1.29, 1.82) is 0 Å². The summed E-state index contributed by atoms with van der Waals surface area (Å²) in [4.78, 5) is 14.0. The predicted molar refractivity (Wildman–Crippen MR) is 65.0 cm³/mol. The molecule has 0 aromatic heterocycles. The molecule has 3 heteroatoms. The highest BCUT2D eigenvalue weighted by Crippen LogP contribution is 2.25. The molecule has 0 spiro atoms. The topological polar surface area (TPSA) is 32.3 Å². The Morgan fingerprint density at radius 3 is 2.44 bits per heavy atom. The van der Waals surface area contributed by atoms with Crippen molar-refractivity contribution in [2.45, 2.75) is 70.5 Å². The quantitative estimate of drug-likeness (QED) is 0.780. The van der Waals surface area contributed by atoms with Gasteiger partial charge in [0, 0.05) is 6.04 Å². The second-order valence-corrected chi connectivity index (χ2v) is 5.10. The third-order valence-electron chi connectivity index (χ3n) is 3.97. The lowest BCUT2D eigenvalue weighted by molar-refractivity contribution is -0.130. The number of carbonyl (C=O) groups is 1. The lowest BCUT2D eigenvalue weighted by Gasteiger charge is -2.33. The van der Waals surface area contributed by atoms with Gasteiger partial charge >= 0.3 is 0 Å². The van der Waals surface area contributed by atoms with Crippen molar-refractivity contribution >= 4 is 5.91 Å². The molecule has 1 aliphatic carbocycles. The van der Waals surface area contributed by atoms with E-state index < -0.39 is 0 Å². The summed E-state index contributed by atoms with van der Waals surface area (Å²) in [5.41, 5.74) is 0. The Morgan fingerprint density at radius 2 is 1.81 bits per heavy atom. The summed E-state index contributed by atoms with van der Waals surface area (Å²) < 4.78 is 0. The molecular formula is C13H24N2O. The van der Waals surface area contributed by atoms with E-state index in [0.29, 0.717) is 24.7 Å². The van der Waals surface area contributed by atoms with E-state index in [1.807, 2.05) is 0 Å². The van der Waals surface area contributed by atoms with Gasteiger partial charge in [-0.3, -0.25) is 10.1 Å². The second-order valence-electron chi connectivity index (χ2n) is 5.10. The summed E-state index contributed by atoms with van der Waals surface area (Å²) >= 11 is 0. The van der Waals surface area contributed by atoms with Crippen molar-refractivity contribution in [2.24, 2.45) is 0 Å². The summed E-state index contributed by atoms with van der Waals surface area (Å²) in [6.07, 6.45) is 10.4. The fraction of sp³-hybridized carbons (Fsp3) is 0.923. The highest BCUT2D eigenvalue weighted by Gasteiger charge is 2.34. The van der Waals surface area contributed by atoms with Crippen LogP contribution in [0.2, 0.25) is 0 Å². The number of rotatable bonds is 2. The number of amides is 1. The first-order valence-electron chi connectivity index (χ1n) is 6.87. The first-order valence-corrected chi connectivity index (χ1v) is 6.87. The average Bonchev–Trinajstić information content (AvgIpc) is 2.60. The first-order chi connectivity index (χ1) is 7.83. The molecule has 2 aliphatic rings. The van der Waals surface area contributed by atoms with Gasteiger partial charge in [0.1, 0.15) is 0 Å². The normalized spacial score (nSPS) is 29.2. The van der Waals surface area contributed by atoms with Gasteiger partial charge in [-0.25, -0.2) is 0 Å². The maximum Gasteiger partial charge on any atom is 0.238 e. The molecule has 16 heavy (non-hydrogen) atoms. The van der Waals surface area contributed by atoms with Crippen molar-refractivity contribution in [3.63, 3.8) is 0 Å².